The van der Waals surface area contributed by atoms with Gasteiger partial charge in [0.25, 0.3) is 5.91 Å². The molecule has 0 aliphatic carbocycles. The first-order chi connectivity index (χ1) is 13.2. The topological polar surface area (TPSA) is 43.9 Å². The first-order valence-electron chi connectivity index (χ1n) is 9.62. The average molecular weight is 384 g/mol. The molecule has 0 N–H and O–H groups in total. The summed E-state index contributed by atoms with van der Waals surface area (Å²) in [6.07, 6.45) is 1.68. The first kappa shape index (κ1) is 18.2. The molecule has 5 nitrogen and oxygen atoms in total. The van der Waals surface area contributed by atoms with E-state index in [1.54, 1.807) is 4.90 Å². The lowest BCUT2D eigenvalue weighted by Gasteiger charge is -2.37. The van der Waals surface area contributed by atoms with E-state index in [0.29, 0.717) is 6.54 Å². The standard InChI is InChI=1S/C21H25N3O2S/c25-20(18-8-4-10-24(18)21(26)19-9-5-15-27-19)23-13-11-22(12-14-23)16-17-6-2-1-3-7-17/h1-3,5-7,9,15,18H,4,8,10-14,16H2/t18-/m1/s1. The van der Waals surface area contributed by atoms with Gasteiger partial charge in [0.15, 0.2) is 0 Å². The molecule has 1 atom stereocenters. The SMILES string of the molecule is O=C([C@H]1CCCN1C(=O)c1cccs1)N1CCN(Cc2ccccc2)CC1. The molecule has 2 fully saturated rings. The summed E-state index contributed by atoms with van der Waals surface area (Å²) in [5.74, 6) is 0.125. The maximum atomic E-state index is 13.1. The van der Waals surface area contributed by atoms with Crippen LogP contribution in [0.4, 0.5) is 0 Å². The first-order valence-corrected chi connectivity index (χ1v) is 10.5. The summed E-state index contributed by atoms with van der Waals surface area (Å²) in [5, 5.41) is 1.91. The minimum Gasteiger partial charge on any atom is -0.338 e. The highest BCUT2D eigenvalue weighted by molar-refractivity contribution is 7.12. The Morgan fingerprint density at radius 2 is 1.74 bits per heavy atom. The Bertz CT molecular complexity index is 770. The van der Waals surface area contributed by atoms with Crippen molar-refractivity contribution in [2.45, 2.75) is 25.4 Å². The van der Waals surface area contributed by atoms with Gasteiger partial charge in [-0.2, -0.15) is 0 Å². The van der Waals surface area contributed by atoms with Gasteiger partial charge in [-0.1, -0.05) is 36.4 Å². The van der Waals surface area contributed by atoms with Gasteiger partial charge in [-0.3, -0.25) is 14.5 Å². The third-order valence-corrected chi connectivity index (χ3v) is 6.32. The fourth-order valence-corrected chi connectivity index (χ4v) is 4.67. The zero-order valence-electron chi connectivity index (χ0n) is 15.4. The van der Waals surface area contributed by atoms with E-state index in [2.05, 4.69) is 29.2 Å². The van der Waals surface area contributed by atoms with Crippen molar-refractivity contribution >= 4 is 23.2 Å². The molecule has 0 spiro atoms. The molecule has 0 bridgehead atoms. The zero-order chi connectivity index (χ0) is 18.6. The van der Waals surface area contributed by atoms with Gasteiger partial charge in [-0.05, 0) is 29.9 Å². The highest BCUT2D eigenvalue weighted by Gasteiger charge is 2.37. The van der Waals surface area contributed by atoms with Crippen molar-refractivity contribution in [1.29, 1.82) is 0 Å². The summed E-state index contributed by atoms with van der Waals surface area (Å²) in [4.78, 5) is 32.6. The predicted molar refractivity (Wildman–Crippen MR) is 107 cm³/mol. The van der Waals surface area contributed by atoms with E-state index in [-0.39, 0.29) is 17.9 Å². The Morgan fingerprint density at radius 1 is 0.963 bits per heavy atom. The highest BCUT2D eigenvalue weighted by atomic mass is 32.1. The van der Waals surface area contributed by atoms with Crippen molar-refractivity contribution in [3.05, 3.63) is 58.3 Å². The number of thiophene rings is 1. The fraction of sp³-hybridized carbons (Fsp3) is 0.429. The zero-order valence-corrected chi connectivity index (χ0v) is 16.2. The Labute approximate surface area is 164 Å². The lowest BCUT2D eigenvalue weighted by atomic mass is 10.1. The molecule has 2 saturated heterocycles. The quantitative estimate of drug-likeness (QED) is 0.815. The van der Waals surface area contributed by atoms with Crippen molar-refractivity contribution in [3.63, 3.8) is 0 Å². The number of likely N-dealkylation sites (tertiary alicyclic amines) is 1. The second kappa shape index (κ2) is 8.23. The fourth-order valence-electron chi connectivity index (χ4n) is 3.99. The summed E-state index contributed by atoms with van der Waals surface area (Å²) in [6.45, 7) is 4.85. The van der Waals surface area contributed by atoms with E-state index in [4.69, 9.17) is 0 Å². The summed E-state index contributed by atoms with van der Waals surface area (Å²) >= 11 is 1.45. The molecule has 6 heteroatoms. The lowest BCUT2D eigenvalue weighted by molar-refractivity contribution is -0.137. The van der Waals surface area contributed by atoms with Crippen molar-refractivity contribution < 1.29 is 9.59 Å². The van der Waals surface area contributed by atoms with Crippen LogP contribution in [0.25, 0.3) is 0 Å². The summed E-state index contributed by atoms with van der Waals surface area (Å²) in [7, 11) is 0. The van der Waals surface area contributed by atoms with Crippen LogP contribution < -0.4 is 0 Å². The maximum Gasteiger partial charge on any atom is 0.264 e. The number of carbonyl (C=O) groups excluding carboxylic acids is 2. The van der Waals surface area contributed by atoms with Crippen molar-refractivity contribution in [3.8, 4) is 0 Å². The monoisotopic (exact) mass is 383 g/mol. The van der Waals surface area contributed by atoms with Crippen LogP contribution in [-0.4, -0.2) is 65.3 Å². The molecule has 0 saturated carbocycles. The Morgan fingerprint density at radius 3 is 2.44 bits per heavy atom. The molecule has 2 aromatic rings. The Hall–Kier alpha value is -2.18. The van der Waals surface area contributed by atoms with Crippen LogP contribution in [0.1, 0.15) is 28.1 Å². The van der Waals surface area contributed by atoms with Gasteiger partial charge in [0.05, 0.1) is 4.88 Å². The van der Waals surface area contributed by atoms with Gasteiger partial charge in [-0.15, -0.1) is 11.3 Å². The molecular weight excluding hydrogens is 358 g/mol. The normalized spacial score (nSPS) is 20.8. The van der Waals surface area contributed by atoms with Crippen LogP contribution in [0.5, 0.6) is 0 Å². The molecule has 142 valence electrons. The van der Waals surface area contributed by atoms with Gasteiger partial charge in [0.2, 0.25) is 5.91 Å². The number of hydrogen-bond donors (Lipinski definition) is 0. The van der Waals surface area contributed by atoms with Crippen molar-refractivity contribution in [2.24, 2.45) is 0 Å². The molecule has 4 rings (SSSR count). The number of rotatable bonds is 4. The van der Waals surface area contributed by atoms with Gasteiger partial charge in [0.1, 0.15) is 6.04 Å². The smallest absolute Gasteiger partial charge is 0.264 e. The maximum absolute atomic E-state index is 13.1. The molecule has 3 heterocycles. The van der Waals surface area contributed by atoms with Gasteiger partial charge < -0.3 is 9.80 Å². The minimum absolute atomic E-state index is 0.00330. The largest absolute Gasteiger partial charge is 0.338 e. The molecule has 1 aromatic carbocycles. The van der Waals surface area contributed by atoms with Gasteiger partial charge >= 0.3 is 0 Å². The summed E-state index contributed by atoms with van der Waals surface area (Å²) in [5.41, 5.74) is 1.31. The number of piperazine rings is 1. The van der Waals surface area contributed by atoms with Crippen LogP contribution >= 0.6 is 11.3 Å². The summed E-state index contributed by atoms with van der Waals surface area (Å²) in [6, 6.07) is 13.9. The molecule has 2 aliphatic heterocycles. The Balaban J connectivity index is 1.34. The average Bonchev–Trinajstić information content (AvgIpc) is 3.40. The molecular formula is C21H25N3O2S. The van der Waals surface area contributed by atoms with E-state index in [9.17, 15) is 9.59 Å². The van der Waals surface area contributed by atoms with Crippen LogP contribution in [0.15, 0.2) is 47.8 Å². The van der Waals surface area contributed by atoms with Crippen LogP contribution in [0.2, 0.25) is 0 Å². The molecule has 2 aliphatic rings. The second-order valence-electron chi connectivity index (χ2n) is 7.22. The van der Waals surface area contributed by atoms with E-state index in [0.717, 1.165) is 50.4 Å². The molecule has 1 aromatic heterocycles. The molecule has 0 unspecified atom stereocenters. The number of hydrogen-bond acceptors (Lipinski definition) is 4. The van der Waals surface area contributed by atoms with E-state index < -0.39 is 0 Å². The molecule has 27 heavy (non-hydrogen) atoms. The van der Waals surface area contributed by atoms with Crippen LogP contribution in [0, 0.1) is 0 Å². The Kier molecular flexibility index (Phi) is 5.55. The van der Waals surface area contributed by atoms with Crippen molar-refractivity contribution in [1.82, 2.24) is 14.7 Å². The van der Waals surface area contributed by atoms with Crippen LogP contribution in [-0.2, 0) is 11.3 Å². The van der Waals surface area contributed by atoms with E-state index >= 15 is 0 Å². The molecule has 2 amide bonds. The summed E-state index contributed by atoms with van der Waals surface area (Å²) < 4.78 is 0. The third-order valence-electron chi connectivity index (χ3n) is 5.46. The lowest BCUT2D eigenvalue weighted by Crippen LogP contribution is -2.54. The van der Waals surface area contributed by atoms with E-state index in [1.807, 2.05) is 28.5 Å². The number of benzene rings is 1. The van der Waals surface area contributed by atoms with E-state index in [1.165, 1.54) is 16.9 Å². The second-order valence-corrected chi connectivity index (χ2v) is 8.17. The molecule has 0 radical (unpaired) electrons. The van der Waals surface area contributed by atoms with Crippen molar-refractivity contribution in [2.75, 3.05) is 32.7 Å². The van der Waals surface area contributed by atoms with Gasteiger partial charge in [-0.25, -0.2) is 0 Å². The third kappa shape index (κ3) is 4.06. The number of amides is 2. The number of carbonyl (C=O) groups is 2. The van der Waals surface area contributed by atoms with Gasteiger partial charge in [0, 0.05) is 39.3 Å². The number of nitrogens with zero attached hydrogens (tertiary/aromatic N) is 3. The minimum atomic E-state index is -0.291. The highest BCUT2D eigenvalue weighted by Crippen LogP contribution is 2.24. The van der Waals surface area contributed by atoms with Crippen LogP contribution in [0.3, 0.4) is 0 Å². The predicted octanol–water partition coefficient (Wildman–Crippen LogP) is 2.70.